The van der Waals surface area contributed by atoms with E-state index in [1.54, 1.807) is 12.1 Å². The third kappa shape index (κ3) is 2.11. The molecule has 3 N–H and O–H groups in total. The molecule has 1 aromatic carbocycles. The number of hydrogen-bond acceptors (Lipinski definition) is 3. The van der Waals surface area contributed by atoms with Gasteiger partial charge in [0.15, 0.2) is 0 Å². The number of aliphatic hydroxyl groups excluding tert-OH is 1. The molecule has 0 amide bonds. The number of nitrogens with two attached hydrogens (primary N) is 1. The van der Waals surface area contributed by atoms with Crippen molar-refractivity contribution < 1.29 is 18.6 Å². The Morgan fingerprint density at radius 3 is 2.89 bits per heavy atom. The van der Waals surface area contributed by atoms with Crippen molar-refractivity contribution in [2.45, 2.75) is 12.0 Å². The normalized spacial score (nSPS) is 29.3. The summed E-state index contributed by atoms with van der Waals surface area (Å²) in [5.74, 6) is -1.64. The van der Waals surface area contributed by atoms with Crippen molar-refractivity contribution in [2.24, 2.45) is 11.7 Å². The summed E-state index contributed by atoms with van der Waals surface area (Å²) in [5, 5.41) is 9.60. The molecule has 18 heavy (non-hydrogen) atoms. The van der Waals surface area contributed by atoms with Gasteiger partial charge in [0, 0.05) is 18.1 Å². The van der Waals surface area contributed by atoms with Crippen LogP contribution >= 0.6 is 0 Å². The summed E-state index contributed by atoms with van der Waals surface area (Å²) < 4.78 is 31.6. The average molecular weight is 255 g/mol. The minimum absolute atomic E-state index is 0.0382. The number of benzene rings is 1. The van der Waals surface area contributed by atoms with Gasteiger partial charge < -0.3 is 15.6 Å². The molecule has 0 aliphatic carbocycles. The van der Waals surface area contributed by atoms with E-state index in [1.165, 1.54) is 12.1 Å². The first-order valence-corrected chi connectivity index (χ1v) is 5.70. The van der Waals surface area contributed by atoms with Gasteiger partial charge in [-0.05, 0) is 12.5 Å². The van der Waals surface area contributed by atoms with Crippen LogP contribution in [0.1, 0.15) is 12.0 Å². The first-order valence-electron chi connectivity index (χ1n) is 5.70. The fraction of sp³-hybridized carbons (Fsp3) is 0.385. The fourth-order valence-electron chi connectivity index (χ4n) is 2.39. The number of halogens is 2. The van der Waals surface area contributed by atoms with Crippen LogP contribution in [-0.2, 0) is 10.3 Å². The Bertz CT molecular complexity index is 464. The van der Waals surface area contributed by atoms with Crippen LogP contribution in [0.25, 0.3) is 0 Å². The largest absolute Gasteiger partial charge is 0.510 e. The Kier molecular flexibility index (Phi) is 3.63. The quantitative estimate of drug-likeness (QED) is 0.798. The van der Waals surface area contributed by atoms with Gasteiger partial charge in [0.1, 0.15) is 17.9 Å². The van der Waals surface area contributed by atoms with Gasteiger partial charge in [0.05, 0.1) is 12.1 Å². The Balaban J connectivity index is 2.46. The molecule has 0 bridgehead atoms. The van der Waals surface area contributed by atoms with Gasteiger partial charge in [-0.25, -0.2) is 8.78 Å². The molecule has 1 aromatic rings. The Morgan fingerprint density at radius 2 is 2.22 bits per heavy atom. The second-order valence-corrected chi connectivity index (χ2v) is 4.45. The first-order chi connectivity index (χ1) is 8.59. The molecule has 1 aliphatic heterocycles. The van der Waals surface area contributed by atoms with Gasteiger partial charge in [-0.3, -0.25) is 0 Å². The summed E-state index contributed by atoms with van der Waals surface area (Å²) in [5.41, 5.74) is 5.14. The predicted molar refractivity (Wildman–Crippen MR) is 63.0 cm³/mol. The van der Waals surface area contributed by atoms with Crippen LogP contribution in [-0.4, -0.2) is 18.3 Å². The smallest absolute Gasteiger partial charge is 0.128 e. The van der Waals surface area contributed by atoms with Crippen LogP contribution in [0.5, 0.6) is 0 Å². The lowest BCUT2D eigenvalue weighted by molar-refractivity contribution is -0.00635. The molecule has 0 spiro atoms. The topological polar surface area (TPSA) is 55.5 Å². The maximum atomic E-state index is 13.8. The van der Waals surface area contributed by atoms with Gasteiger partial charge in [-0.2, -0.15) is 0 Å². The zero-order chi connectivity index (χ0) is 13.2. The molecule has 5 heteroatoms. The van der Waals surface area contributed by atoms with Crippen LogP contribution < -0.4 is 5.73 Å². The second-order valence-electron chi connectivity index (χ2n) is 4.45. The lowest BCUT2D eigenvalue weighted by Gasteiger charge is -2.40. The van der Waals surface area contributed by atoms with Crippen molar-refractivity contribution in [1.82, 2.24) is 0 Å². The van der Waals surface area contributed by atoms with E-state index in [0.29, 0.717) is 13.0 Å². The molecule has 98 valence electrons. The van der Waals surface area contributed by atoms with E-state index in [-0.39, 0.29) is 18.5 Å². The minimum atomic E-state index is -1.25. The summed E-state index contributed by atoms with van der Waals surface area (Å²) in [6, 6.07) is 6.01. The molecule has 0 aromatic heterocycles. The molecule has 2 atom stereocenters. The van der Waals surface area contributed by atoms with Crippen molar-refractivity contribution in [3.05, 3.63) is 47.7 Å². The summed E-state index contributed by atoms with van der Waals surface area (Å²) in [6.07, 6.45) is 0.454. The van der Waals surface area contributed by atoms with E-state index in [9.17, 15) is 13.9 Å². The van der Waals surface area contributed by atoms with Crippen LogP contribution in [0, 0.1) is 11.7 Å². The standard InChI is InChI=1S/C13H15F2NO2/c14-7-12(17)10-5-6-18-8-13(10,16)9-3-1-2-4-11(9)15/h1-4,7,10,17H,5-6,8,16H2/b12-7-/t10-,13+/m0/s1. The van der Waals surface area contributed by atoms with Crippen molar-refractivity contribution in [1.29, 1.82) is 0 Å². The lowest BCUT2D eigenvalue weighted by atomic mass is 9.75. The van der Waals surface area contributed by atoms with Gasteiger partial charge in [-0.1, -0.05) is 18.2 Å². The van der Waals surface area contributed by atoms with Gasteiger partial charge in [0.25, 0.3) is 0 Å². The zero-order valence-corrected chi connectivity index (χ0v) is 9.77. The summed E-state index contributed by atoms with van der Waals surface area (Å²) in [4.78, 5) is 0. The SMILES string of the molecule is N[C@@]1(c2ccccc2F)COCC[C@H]1/C(O)=C/F. The molecule has 0 radical (unpaired) electrons. The molecule has 0 unspecified atom stereocenters. The molecule has 2 rings (SSSR count). The number of rotatable bonds is 2. The second kappa shape index (κ2) is 5.04. The maximum absolute atomic E-state index is 13.8. The van der Waals surface area contributed by atoms with E-state index in [0.717, 1.165) is 0 Å². The number of ether oxygens (including phenoxy) is 1. The number of aliphatic hydroxyl groups is 1. The van der Waals surface area contributed by atoms with Crippen LogP contribution in [0.4, 0.5) is 8.78 Å². The first kappa shape index (κ1) is 13.0. The summed E-state index contributed by atoms with van der Waals surface area (Å²) in [7, 11) is 0. The van der Waals surface area contributed by atoms with E-state index in [1.807, 2.05) is 0 Å². The molecule has 1 aliphatic rings. The van der Waals surface area contributed by atoms with E-state index in [4.69, 9.17) is 10.5 Å². The Morgan fingerprint density at radius 1 is 1.50 bits per heavy atom. The van der Waals surface area contributed by atoms with E-state index in [2.05, 4.69) is 0 Å². The number of hydrogen-bond donors (Lipinski definition) is 2. The minimum Gasteiger partial charge on any atom is -0.510 e. The van der Waals surface area contributed by atoms with Gasteiger partial charge >= 0.3 is 0 Å². The lowest BCUT2D eigenvalue weighted by Crippen LogP contribution is -2.52. The predicted octanol–water partition coefficient (Wildman–Crippen LogP) is 2.39. The Hall–Kier alpha value is -1.46. The average Bonchev–Trinajstić information content (AvgIpc) is 2.39. The highest BCUT2D eigenvalue weighted by atomic mass is 19.1. The highest BCUT2D eigenvalue weighted by Gasteiger charge is 2.43. The zero-order valence-electron chi connectivity index (χ0n) is 9.77. The maximum Gasteiger partial charge on any atom is 0.128 e. The monoisotopic (exact) mass is 255 g/mol. The summed E-state index contributed by atoms with van der Waals surface area (Å²) in [6.45, 7) is 0.395. The third-order valence-corrected chi connectivity index (χ3v) is 3.36. The van der Waals surface area contributed by atoms with E-state index < -0.39 is 23.0 Å². The van der Waals surface area contributed by atoms with Crippen molar-refractivity contribution in [3.63, 3.8) is 0 Å². The van der Waals surface area contributed by atoms with Crippen molar-refractivity contribution in [3.8, 4) is 0 Å². The van der Waals surface area contributed by atoms with Gasteiger partial charge in [-0.15, -0.1) is 0 Å². The molecular weight excluding hydrogens is 240 g/mol. The van der Waals surface area contributed by atoms with Crippen LogP contribution in [0.2, 0.25) is 0 Å². The van der Waals surface area contributed by atoms with Crippen LogP contribution in [0.3, 0.4) is 0 Å². The van der Waals surface area contributed by atoms with E-state index >= 15 is 0 Å². The van der Waals surface area contributed by atoms with Crippen LogP contribution in [0.15, 0.2) is 36.4 Å². The fourth-order valence-corrected chi connectivity index (χ4v) is 2.39. The highest BCUT2D eigenvalue weighted by Crippen LogP contribution is 2.38. The van der Waals surface area contributed by atoms with Crippen molar-refractivity contribution >= 4 is 0 Å². The molecule has 1 heterocycles. The molecule has 0 saturated carbocycles. The third-order valence-electron chi connectivity index (χ3n) is 3.36. The highest BCUT2D eigenvalue weighted by molar-refractivity contribution is 5.30. The molecule has 1 saturated heterocycles. The van der Waals surface area contributed by atoms with Crippen molar-refractivity contribution in [2.75, 3.05) is 13.2 Å². The molecule has 3 nitrogen and oxygen atoms in total. The molecular formula is C13H15F2NO2. The Labute approximate surface area is 104 Å². The summed E-state index contributed by atoms with van der Waals surface area (Å²) >= 11 is 0. The molecule has 1 fully saturated rings. The van der Waals surface area contributed by atoms with Gasteiger partial charge in [0.2, 0.25) is 0 Å².